The number of methoxy groups -OCH3 is 1. The van der Waals surface area contributed by atoms with Gasteiger partial charge in [-0.1, -0.05) is 12.1 Å². The van der Waals surface area contributed by atoms with E-state index in [-0.39, 0.29) is 18.5 Å². The van der Waals surface area contributed by atoms with Gasteiger partial charge in [-0.15, -0.1) is 0 Å². The number of ether oxygens (including phenoxy) is 2. The van der Waals surface area contributed by atoms with Crippen molar-refractivity contribution in [2.24, 2.45) is 0 Å². The van der Waals surface area contributed by atoms with E-state index in [0.29, 0.717) is 35.7 Å². The molecular weight excluding hydrogens is 447 g/mol. The molecule has 1 aromatic carbocycles. The highest BCUT2D eigenvalue weighted by Crippen LogP contribution is 2.41. The van der Waals surface area contributed by atoms with E-state index >= 15 is 0 Å². The van der Waals surface area contributed by atoms with Gasteiger partial charge in [0.2, 0.25) is 0 Å². The average molecular weight is 473 g/mol. The summed E-state index contributed by atoms with van der Waals surface area (Å²) in [7, 11) is 1.70. The largest absolute Gasteiger partial charge is 0.493 e. The van der Waals surface area contributed by atoms with E-state index in [1.54, 1.807) is 20.1 Å². The van der Waals surface area contributed by atoms with Gasteiger partial charge in [-0.3, -0.25) is 0 Å². The molecule has 4 heterocycles. The molecule has 1 atom stereocenters. The summed E-state index contributed by atoms with van der Waals surface area (Å²) < 4.78 is 52.2. The zero-order valence-corrected chi connectivity index (χ0v) is 19.2. The smallest absolute Gasteiger partial charge is 0.419 e. The Kier molecular flexibility index (Phi) is 5.71. The van der Waals surface area contributed by atoms with Crippen LogP contribution in [0.4, 0.5) is 24.7 Å². The summed E-state index contributed by atoms with van der Waals surface area (Å²) in [6.07, 6.45) is -3.38. The number of fused-ring (bicyclic) bond motifs is 5. The Balaban J connectivity index is 1.59. The molecule has 7 nitrogen and oxygen atoms in total. The van der Waals surface area contributed by atoms with Crippen molar-refractivity contribution in [2.75, 3.05) is 37.0 Å². The Morgan fingerprint density at radius 2 is 1.97 bits per heavy atom. The van der Waals surface area contributed by atoms with Crippen LogP contribution >= 0.6 is 0 Å². The van der Waals surface area contributed by atoms with Gasteiger partial charge in [0.25, 0.3) is 0 Å². The summed E-state index contributed by atoms with van der Waals surface area (Å²) in [6, 6.07) is 5.63. The van der Waals surface area contributed by atoms with Crippen LogP contribution in [0.5, 0.6) is 5.75 Å². The summed E-state index contributed by atoms with van der Waals surface area (Å²) in [6.45, 7) is 5.42. The first-order valence-electron chi connectivity index (χ1n) is 11.3. The van der Waals surface area contributed by atoms with Gasteiger partial charge in [0.05, 0.1) is 41.1 Å². The Morgan fingerprint density at radius 3 is 2.71 bits per heavy atom. The Bertz CT molecular complexity index is 1230. The molecule has 34 heavy (non-hydrogen) atoms. The van der Waals surface area contributed by atoms with Gasteiger partial charge in [0.1, 0.15) is 17.4 Å². The molecule has 0 aliphatic carbocycles. The van der Waals surface area contributed by atoms with E-state index in [9.17, 15) is 13.2 Å². The number of anilines is 2. The van der Waals surface area contributed by atoms with Gasteiger partial charge in [-0.2, -0.15) is 13.2 Å². The third-order valence-corrected chi connectivity index (χ3v) is 6.38. The average Bonchev–Trinajstić information content (AvgIpc) is 2.77. The van der Waals surface area contributed by atoms with Crippen molar-refractivity contribution >= 4 is 22.5 Å². The van der Waals surface area contributed by atoms with E-state index in [1.807, 2.05) is 13.0 Å². The lowest BCUT2D eigenvalue weighted by atomic mass is 10.0. The van der Waals surface area contributed by atoms with Gasteiger partial charge >= 0.3 is 6.18 Å². The Labute approximate surface area is 195 Å². The summed E-state index contributed by atoms with van der Waals surface area (Å²) in [4.78, 5) is 16.3. The minimum absolute atomic E-state index is 0.130. The van der Waals surface area contributed by atoms with Gasteiger partial charge in [-0.25, -0.2) is 15.0 Å². The van der Waals surface area contributed by atoms with Gasteiger partial charge in [-0.05, 0) is 32.4 Å². The molecule has 0 saturated carbocycles. The minimum Gasteiger partial charge on any atom is -0.493 e. The molecule has 0 spiro atoms. The Morgan fingerprint density at radius 1 is 1.18 bits per heavy atom. The summed E-state index contributed by atoms with van der Waals surface area (Å²) in [5.74, 6) is 0.995. The van der Waals surface area contributed by atoms with Crippen LogP contribution in [0.15, 0.2) is 24.3 Å². The molecule has 1 saturated heterocycles. The van der Waals surface area contributed by atoms with Crippen LogP contribution in [0.3, 0.4) is 0 Å². The highest BCUT2D eigenvalue weighted by molar-refractivity contribution is 5.90. The number of nitrogens with zero attached hydrogens (tertiary/aromatic N) is 4. The predicted molar refractivity (Wildman–Crippen MR) is 122 cm³/mol. The van der Waals surface area contributed by atoms with Crippen molar-refractivity contribution < 1.29 is 22.6 Å². The van der Waals surface area contributed by atoms with Gasteiger partial charge in [0, 0.05) is 32.2 Å². The SMILES string of the molecule is COC1CN(c2cc3c4nc(nc3nc2C)CCCOc2c(cccc2C(F)(F)F)[C@@H](C)N4)C1. The maximum absolute atomic E-state index is 13.7. The molecule has 1 N–H and O–H groups in total. The number of para-hydroxylation sites is 1. The van der Waals surface area contributed by atoms with Crippen molar-refractivity contribution in [1.29, 1.82) is 0 Å². The molecule has 180 valence electrons. The minimum atomic E-state index is -4.51. The number of hydrogen-bond acceptors (Lipinski definition) is 7. The number of hydrogen-bond donors (Lipinski definition) is 1. The fourth-order valence-corrected chi connectivity index (χ4v) is 4.47. The number of alkyl halides is 3. The first-order valence-corrected chi connectivity index (χ1v) is 11.3. The van der Waals surface area contributed by atoms with Gasteiger partial charge < -0.3 is 19.7 Å². The highest BCUT2D eigenvalue weighted by atomic mass is 19.4. The number of rotatable bonds is 2. The van der Waals surface area contributed by atoms with Crippen LogP contribution in [0.1, 0.15) is 42.0 Å². The lowest BCUT2D eigenvalue weighted by Crippen LogP contribution is -2.52. The molecule has 3 aromatic rings. The highest BCUT2D eigenvalue weighted by Gasteiger charge is 2.36. The molecule has 2 bridgehead atoms. The molecule has 2 aliphatic rings. The summed E-state index contributed by atoms with van der Waals surface area (Å²) in [5.41, 5.74) is 2.05. The zero-order valence-electron chi connectivity index (χ0n) is 19.2. The molecule has 2 aromatic heterocycles. The Hall–Kier alpha value is -3.14. The lowest BCUT2D eigenvalue weighted by Gasteiger charge is -2.40. The molecule has 0 unspecified atom stereocenters. The standard InChI is InChI=1S/C24H26F3N5O2/c1-13-16-6-4-7-18(24(25,26)27)21(16)34-9-5-8-20-30-22(28-13)17-10-19(14(2)29-23(17)31-20)32-11-15(12-32)33-3/h4,6-7,10,13,15H,5,8-9,11-12H2,1-3H3,(H,28,29,30,31)/t13-/m1/s1. The van der Waals surface area contributed by atoms with Crippen LogP contribution in [0.25, 0.3) is 11.0 Å². The topological polar surface area (TPSA) is 72.4 Å². The van der Waals surface area contributed by atoms with Crippen molar-refractivity contribution in [3.8, 4) is 5.75 Å². The normalized spacial score (nSPS) is 19.0. The van der Waals surface area contributed by atoms with Crippen LogP contribution in [0, 0.1) is 6.92 Å². The van der Waals surface area contributed by atoms with Crippen LogP contribution in [-0.4, -0.2) is 47.9 Å². The van der Waals surface area contributed by atoms with E-state index < -0.39 is 17.8 Å². The number of nitrogens with one attached hydrogen (secondary N) is 1. The molecule has 5 rings (SSSR count). The molecule has 2 aliphatic heterocycles. The number of pyridine rings is 1. The first kappa shape index (κ1) is 22.6. The molecule has 0 radical (unpaired) electrons. The number of aromatic nitrogens is 3. The van der Waals surface area contributed by atoms with Crippen molar-refractivity contribution in [3.05, 3.63) is 46.9 Å². The van der Waals surface area contributed by atoms with E-state index in [1.165, 1.54) is 6.07 Å². The van der Waals surface area contributed by atoms with Crippen molar-refractivity contribution in [3.63, 3.8) is 0 Å². The fourth-order valence-electron chi connectivity index (χ4n) is 4.47. The van der Waals surface area contributed by atoms with E-state index in [2.05, 4.69) is 15.2 Å². The van der Waals surface area contributed by atoms with Gasteiger partial charge in [0.15, 0.2) is 5.65 Å². The lowest BCUT2D eigenvalue weighted by molar-refractivity contribution is -0.139. The van der Waals surface area contributed by atoms with Crippen molar-refractivity contribution in [1.82, 2.24) is 15.0 Å². The fraction of sp³-hybridized carbons (Fsp3) is 0.458. The van der Waals surface area contributed by atoms with E-state index in [4.69, 9.17) is 19.4 Å². The van der Waals surface area contributed by atoms with Crippen LogP contribution in [0.2, 0.25) is 0 Å². The van der Waals surface area contributed by atoms with Crippen molar-refractivity contribution in [2.45, 2.75) is 45.0 Å². The monoisotopic (exact) mass is 473 g/mol. The number of benzene rings is 1. The molecule has 1 fully saturated rings. The number of halogens is 3. The summed E-state index contributed by atoms with van der Waals surface area (Å²) in [5, 5.41) is 4.04. The third kappa shape index (κ3) is 4.11. The second-order valence-electron chi connectivity index (χ2n) is 8.75. The first-order chi connectivity index (χ1) is 16.2. The third-order valence-electron chi connectivity index (χ3n) is 6.38. The quantitative estimate of drug-likeness (QED) is 0.579. The maximum Gasteiger partial charge on any atom is 0.419 e. The second-order valence-corrected chi connectivity index (χ2v) is 8.75. The summed E-state index contributed by atoms with van der Waals surface area (Å²) >= 11 is 0. The molecule has 0 amide bonds. The predicted octanol–water partition coefficient (Wildman–Crippen LogP) is 4.69. The van der Waals surface area contributed by atoms with Crippen LogP contribution in [-0.2, 0) is 17.3 Å². The van der Waals surface area contributed by atoms with Crippen LogP contribution < -0.4 is 15.0 Å². The van der Waals surface area contributed by atoms with E-state index in [0.717, 1.165) is 35.9 Å². The molecule has 10 heteroatoms. The second kappa shape index (κ2) is 8.57. The molecular formula is C24H26F3N5O2. The number of aryl methyl sites for hydroxylation is 2. The maximum atomic E-state index is 13.7. The zero-order chi connectivity index (χ0) is 24.0.